The molecule has 0 fully saturated rings. The molecule has 6 rings (SSSR count). The summed E-state index contributed by atoms with van der Waals surface area (Å²) in [4.78, 5) is 40.7. The molecular weight excluding hydrogens is 440 g/mol. The Morgan fingerprint density at radius 1 is 1.18 bits per heavy atom. The second-order valence-corrected chi connectivity index (χ2v) is 9.11. The number of benzene rings is 2. The first-order chi connectivity index (χ1) is 16.0. The van der Waals surface area contributed by atoms with Crippen molar-refractivity contribution in [1.29, 1.82) is 0 Å². The summed E-state index contributed by atoms with van der Waals surface area (Å²) < 4.78 is 13.3. The fraction of sp³-hybridized carbons (Fsp3) is 0.208. The summed E-state index contributed by atoms with van der Waals surface area (Å²) >= 11 is 1.24. The molecule has 4 aromatic rings. The molecule has 0 radical (unpaired) electrons. The molecule has 3 atom stereocenters. The number of para-hydroxylation sites is 3. The summed E-state index contributed by atoms with van der Waals surface area (Å²) in [7, 11) is 1.33. The second-order valence-electron chi connectivity index (χ2n) is 8.10. The predicted molar refractivity (Wildman–Crippen MR) is 122 cm³/mol. The van der Waals surface area contributed by atoms with Crippen LogP contribution in [0.2, 0.25) is 0 Å². The summed E-state index contributed by atoms with van der Waals surface area (Å²) in [5, 5.41) is 0. The van der Waals surface area contributed by atoms with Crippen LogP contribution in [0.5, 0.6) is 5.75 Å². The van der Waals surface area contributed by atoms with E-state index in [0.29, 0.717) is 20.8 Å². The molecule has 0 saturated carbocycles. The number of ether oxygens (including phenoxy) is 2. The van der Waals surface area contributed by atoms with Crippen LogP contribution in [0.25, 0.3) is 17.1 Å². The molecule has 0 spiro atoms. The molecular formula is C24H18N4O4S. The first kappa shape index (κ1) is 19.8. The van der Waals surface area contributed by atoms with Gasteiger partial charge in [0.15, 0.2) is 4.80 Å². The van der Waals surface area contributed by atoms with Gasteiger partial charge in [0.25, 0.3) is 5.56 Å². The number of carbonyl (C=O) groups excluding carboxylic acids is 1. The van der Waals surface area contributed by atoms with Crippen molar-refractivity contribution in [3.05, 3.63) is 85.7 Å². The molecule has 2 aliphatic rings. The first-order valence-corrected chi connectivity index (χ1v) is 11.2. The molecule has 2 bridgehead atoms. The van der Waals surface area contributed by atoms with E-state index in [-0.39, 0.29) is 5.56 Å². The SMILES string of the molecule is COC(=O)[C@@H]1[C@H]2c3ccccc3O[C@@]1(C)N=c1s/c(=C\c3cnc4ccccc4n3)c(=O)n12. The number of aromatic nitrogens is 3. The minimum atomic E-state index is -1.19. The van der Waals surface area contributed by atoms with Gasteiger partial charge in [0.2, 0.25) is 5.72 Å². The number of carbonyl (C=O) groups is 1. The second kappa shape index (κ2) is 7.08. The maximum atomic E-state index is 13.6. The van der Waals surface area contributed by atoms with Gasteiger partial charge in [-0.1, -0.05) is 41.7 Å². The Kier molecular flexibility index (Phi) is 4.25. The molecule has 164 valence electrons. The van der Waals surface area contributed by atoms with Crippen molar-refractivity contribution >= 4 is 34.4 Å². The molecule has 2 aromatic carbocycles. The van der Waals surface area contributed by atoms with Gasteiger partial charge < -0.3 is 9.47 Å². The minimum absolute atomic E-state index is 0.244. The average molecular weight is 458 g/mol. The van der Waals surface area contributed by atoms with Gasteiger partial charge in [-0.15, -0.1) is 0 Å². The Balaban J connectivity index is 1.59. The normalized spacial score (nSPS) is 23.3. The Bertz CT molecular complexity index is 1630. The highest BCUT2D eigenvalue weighted by molar-refractivity contribution is 7.07. The third kappa shape index (κ3) is 2.92. The number of thiazole rings is 1. The van der Waals surface area contributed by atoms with Gasteiger partial charge >= 0.3 is 5.97 Å². The van der Waals surface area contributed by atoms with E-state index in [1.165, 1.54) is 18.4 Å². The fourth-order valence-corrected chi connectivity index (χ4v) is 5.69. The smallest absolute Gasteiger partial charge is 0.317 e. The lowest BCUT2D eigenvalue weighted by Gasteiger charge is -2.44. The summed E-state index contributed by atoms with van der Waals surface area (Å²) in [5.74, 6) is -0.676. The van der Waals surface area contributed by atoms with Crippen LogP contribution in [0.1, 0.15) is 24.2 Å². The van der Waals surface area contributed by atoms with E-state index >= 15 is 0 Å². The number of hydrogen-bond acceptors (Lipinski definition) is 8. The van der Waals surface area contributed by atoms with Crippen LogP contribution in [0.4, 0.5) is 0 Å². The first-order valence-electron chi connectivity index (χ1n) is 10.4. The van der Waals surface area contributed by atoms with Crippen molar-refractivity contribution in [3.8, 4) is 5.75 Å². The molecule has 0 N–H and O–H groups in total. The predicted octanol–water partition coefficient (Wildman–Crippen LogP) is 1.80. The number of esters is 1. The minimum Gasteiger partial charge on any atom is -0.469 e. The van der Waals surface area contributed by atoms with Crippen LogP contribution < -0.4 is 19.6 Å². The molecule has 2 aliphatic heterocycles. The third-order valence-electron chi connectivity index (χ3n) is 6.08. The zero-order valence-corrected chi connectivity index (χ0v) is 18.6. The van der Waals surface area contributed by atoms with E-state index in [1.807, 2.05) is 48.5 Å². The van der Waals surface area contributed by atoms with Crippen LogP contribution in [0.15, 0.2) is 64.5 Å². The summed E-state index contributed by atoms with van der Waals surface area (Å²) in [5.41, 5.74) is 1.41. The summed E-state index contributed by atoms with van der Waals surface area (Å²) in [6.45, 7) is 1.75. The van der Waals surface area contributed by atoms with Gasteiger partial charge in [0.1, 0.15) is 11.7 Å². The molecule has 0 amide bonds. The number of methoxy groups -OCH3 is 1. The quantitative estimate of drug-likeness (QED) is 0.425. The molecule has 0 saturated heterocycles. The molecule has 0 aliphatic carbocycles. The van der Waals surface area contributed by atoms with E-state index in [2.05, 4.69) is 9.97 Å². The Hall–Kier alpha value is -3.85. The number of hydrogen-bond donors (Lipinski definition) is 0. The standard InChI is InChI=1S/C24H18N4O4S/c1-24-19(22(30)31-2)20(14-7-3-6-10-17(14)32-24)28-21(29)18(33-23(28)27-24)11-13-12-25-15-8-4-5-9-16(15)26-13/h3-12,19-20H,1-2H3/b18-11-/t19-,20+,24+/m0/s1. The van der Waals surface area contributed by atoms with Crippen LogP contribution in [-0.4, -0.2) is 33.3 Å². The van der Waals surface area contributed by atoms with Crippen LogP contribution >= 0.6 is 11.3 Å². The van der Waals surface area contributed by atoms with Gasteiger partial charge in [0.05, 0.1) is 40.6 Å². The van der Waals surface area contributed by atoms with Crippen LogP contribution in [0.3, 0.4) is 0 Å². The largest absolute Gasteiger partial charge is 0.469 e. The average Bonchev–Trinajstić information content (AvgIpc) is 3.11. The monoisotopic (exact) mass is 458 g/mol. The van der Waals surface area contributed by atoms with Crippen molar-refractivity contribution in [2.45, 2.75) is 18.7 Å². The van der Waals surface area contributed by atoms with Crippen molar-refractivity contribution in [2.24, 2.45) is 10.9 Å². The Morgan fingerprint density at radius 2 is 1.94 bits per heavy atom. The molecule has 9 heteroatoms. The highest BCUT2D eigenvalue weighted by Crippen LogP contribution is 2.47. The van der Waals surface area contributed by atoms with E-state index in [9.17, 15) is 9.59 Å². The number of nitrogens with zero attached hydrogens (tertiary/aromatic N) is 4. The summed E-state index contributed by atoms with van der Waals surface area (Å²) in [6.07, 6.45) is 3.34. The lowest BCUT2D eigenvalue weighted by atomic mass is 9.81. The van der Waals surface area contributed by atoms with Crippen molar-refractivity contribution in [3.63, 3.8) is 0 Å². The Labute approximate surface area is 191 Å². The van der Waals surface area contributed by atoms with Crippen molar-refractivity contribution in [2.75, 3.05) is 7.11 Å². The van der Waals surface area contributed by atoms with Gasteiger partial charge in [-0.05, 0) is 31.2 Å². The maximum Gasteiger partial charge on any atom is 0.317 e. The van der Waals surface area contributed by atoms with Crippen molar-refractivity contribution < 1.29 is 14.3 Å². The van der Waals surface area contributed by atoms with Crippen LogP contribution in [-0.2, 0) is 9.53 Å². The van der Waals surface area contributed by atoms with E-state index in [4.69, 9.17) is 14.5 Å². The molecule has 0 unspecified atom stereocenters. The number of fused-ring (bicyclic) bond motifs is 7. The highest BCUT2D eigenvalue weighted by atomic mass is 32.1. The maximum absolute atomic E-state index is 13.6. The number of rotatable bonds is 2. The van der Waals surface area contributed by atoms with Crippen molar-refractivity contribution in [1.82, 2.24) is 14.5 Å². The lowest BCUT2D eigenvalue weighted by Crippen LogP contribution is -2.58. The van der Waals surface area contributed by atoms with E-state index in [1.54, 1.807) is 23.8 Å². The molecule has 33 heavy (non-hydrogen) atoms. The zero-order valence-electron chi connectivity index (χ0n) is 17.8. The van der Waals surface area contributed by atoms with Gasteiger partial charge in [-0.2, -0.15) is 0 Å². The van der Waals surface area contributed by atoms with Crippen LogP contribution in [0, 0.1) is 5.92 Å². The van der Waals surface area contributed by atoms with Gasteiger partial charge in [-0.25, -0.2) is 9.98 Å². The highest BCUT2D eigenvalue weighted by Gasteiger charge is 2.55. The zero-order chi connectivity index (χ0) is 22.7. The van der Waals surface area contributed by atoms with E-state index < -0.39 is 23.7 Å². The summed E-state index contributed by atoms with van der Waals surface area (Å²) in [6, 6.07) is 14.4. The fourth-order valence-electron chi connectivity index (χ4n) is 4.61. The topological polar surface area (TPSA) is 95.7 Å². The molecule has 8 nitrogen and oxygen atoms in total. The Morgan fingerprint density at radius 3 is 2.76 bits per heavy atom. The molecule has 2 aromatic heterocycles. The van der Waals surface area contributed by atoms with Gasteiger partial charge in [0, 0.05) is 5.56 Å². The third-order valence-corrected chi connectivity index (χ3v) is 7.06. The lowest BCUT2D eigenvalue weighted by molar-refractivity contribution is -0.158. The van der Waals surface area contributed by atoms with E-state index in [0.717, 1.165) is 16.6 Å². The molecule has 4 heterocycles. The van der Waals surface area contributed by atoms with Gasteiger partial charge in [-0.3, -0.25) is 19.1 Å².